The third kappa shape index (κ3) is 8.72. The van der Waals surface area contributed by atoms with E-state index in [9.17, 15) is 9.18 Å². The van der Waals surface area contributed by atoms with Crippen LogP contribution in [0.4, 0.5) is 4.39 Å². The van der Waals surface area contributed by atoms with Crippen LogP contribution in [0.5, 0.6) is 5.75 Å². The van der Waals surface area contributed by atoms with Crippen molar-refractivity contribution in [3.8, 4) is 5.75 Å². The molecule has 4 N–H and O–H groups in total. The molecule has 0 radical (unpaired) electrons. The molecule has 0 bridgehead atoms. The number of carbonyl (C=O) groups excluding carboxylic acids is 1. The van der Waals surface area contributed by atoms with Gasteiger partial charge in [-0.25, -0.2) is 9.38 Å². The van der Waals surface area contributed by atoms with Gasteiger partial charge in [-0.2, -0.15) is 0 Å². The van der Waals surface area contributed by atoms with E-state index in [2.05, 4.69) is 15.6 Å². The molecule has 0 saturated carbocycles. The fraction of sp³-hybridized carbons (Fsp3) is 0.263. The Balaban J connectivity index is 0.00000364. The number of halogens is 2. The Morgan fingerprint density at radius 1 is 1.15 bits per heavy atom. The van der Waals surface area contributed by atoms with Gasteiger partial charge < -0.3 is 21.1 Å². The highest BCUT2D eigenvalue weighted by molar-refractivity contribution is 14.0. The van der Waals surface area contributed by atoms with Gasteiger partial charge in [0, 0.05) is 13.1 Å². The van der Waals surface area contributed by atoms with Crippen molar-refractivity contribution >= 4 is 35.8 Å². The highest BCUT2D eigenvalue weighted by atomic mass is 127. The number of benzene rings is 2. The third-order valence-electron chi connectivity index (χ3n) is 3.39. The maximum absolute atomic E-state index is 13.2. The number of primary amides is 1. The molecule has 0 aromatic heterocycles. The van der Waals surface area contributed by atoms with E-state index in [0.29, 0.717) is 31.3 Å². The lowest BCUT2D eigenvalue weighted by molar-refractivity contribution is -0.119. The molecule has 0 aliphatic carbocycles. The molecule has 146 valence electrons. The molecule has 6 nitrogen and oxygen atoms in total. The van der Waals surface area contributed by atoms with E-state index in [4.69, 9.17) is 10.5 Å². The fourth-order valence-electron chi connectivity index (χ4n) is 2.23. The topological polar surface area (TPSA) is 88.7 Å². The molecule has 0 fully saturated rings. The Hall–Kier alpha value is -2.36. The minimum atomic E-state index is -0.521. The molecule has 0 aliphatic heterocycles. The molecule has 2 aromatic carbocycles. The molecule has 0 spiro atoms. The summed E-state index contributed by atoms with van der Waals surface area (Å²) in [6.07, 6.45) is 0. The van der Waals surface area contributed by atoms with E-state index >= 15 is 0 Å². The standard InChI is InChI=1S/C19H23FN4O2.HI/c1-2-22-19(23-11-14-5-3-7-16(20)9-14)24-12-15-6-4-8-17(10-15)26-13-18(21)25;/h3-10H,2,11-13H2,1H3,(H2,21,25)(H2,22,23,24);1H. The van der Waals surface area contributed by atoms with Crippen molar-refractivity contribution in [1.29, 1.82) is 0 Å². The van der Waals surface area contributed by atoms with Crippen molar-refractivity contribution in [2.75, 3.05) is 13.2 Å². The Kier molecular flexibility index (Phi) is 10.2. The molecule has 2 rings (SSSR count). The van der Waals surface area contributed by atoms with Gasteiger partial charge in [-0.3, -0.25) is 4.79 Å². The first-order chi connectivity index (χ1) is 12.6. The summed E-state index contributed by atoms with van der Waals surface area (Å²) < 4.78 is 18.5. The monoisotopic (exact) mass is 486 g/mol. The highest BCUT2D eigenvalue weighted by Crippen LogP contribution is 2.13. The molecule has 0 atom stereocenters. The van der Waals surface area contributed by atoms with Crippen LogP contribution in [-0.2, 0) is 17.9 Å². The number of nitrogens with zero attached hydrogens (tertiary/aromatic N) is 1. The summed E-state index contributed by atoms with van der Waals surface area (Å²) in [4.78, 5) is 15.2. The number of ether oxygens (including phenoxy) is 1. The summed E-state index contributed by atoms with van der Waals surface area (Å²) in [6, 6.07) is 13.7. The number of nitrogens with two attached hydrogens (primary N) is 1. The SMILES string of the molecule is CCNC(=NCc1cccc(F)c1)NCc1cccc(OCC(N)=O)c1.I. The van der Waals surface area contributed by atoms with Crippen LogP contribution in [0.2, 0.25) is 0 Å². The van der Waals surface area contributed by atoms with Crippen LogP contribution in [0, 0.1) is 5.82 Å². The molecule has 1 amide bonds. The molecular weight excluding hydrogens is 462 g/mol. The second kappa shape index (κ2) is 12.1. The van der Waals surface area contributed by atoms with Gasteiger partial charge in [0.1, 0.15) is 11.6 Å². The zero-order chi connectivity index (χ0) is 18.8. The van der Waals surface area contributed by atoms with Crippen molar-refractivity contribution in [3.05, 3.63) is 65.5 Å². The van der Waals surface area contributed by atoms with E-state index in [0.717, 1.165) is 11.1 Å². The van der Waals surface area contributed by atoms with E-state index in [-0.39, 0.29) is 36.4 Å². The Labute approximate surface area is 175 Å². The molecule has 0 aliphatic rings. The number of guanidine groups is 1. The second-order valence-electron chi connectivity index (χ2n) is 5.58. The van der Waals surface area contributed by atoms with Gasteiger partial charge in [0.05, 0.1) is 6.54 Å². The largest absolute Gasteiger partial charge is 0.484 e. The molecular formula is C19H24FIN4O2. The molecule has 0 unspecified atom stereocenters. The summed E-state index contributed by atoms with van der Waals surface area (Å²) in [5, 5.41) is 6.36. The van der Waals surface area contributed by atoms with Gasteiger partial charge in [-0.05, 0) is 42.3 Å². The lowest BCUT2D eigenvalue weighted by Gasteiger charge is -2.12. The van der Waals surface area contributed by atoms with Crippen LogP contribution in [-0.4, -0.2) is 25.0 Å². The van der Waals surface area contributed by atoms with Crippen molar-refractivity contribution in [1.82, 2.24) is 10.6 Å². The van der Waals surface area contributed by atoms with Gasteiger partial charge in [0.2, 0.25) is 0 Å². The van der Waals surface area contributed by atoms with Crippen LogP contribution in [0.3, 0.4) is 0 Å². The molecule has 0 heterocycles. The minimum absolute atomic E-state index is 0. The van der Waals surface area contributed by atoms with Crippen LogP contribution >= 0.6 is 24.0 Å². The van der Waals surface area contributed by atoms with Gasteiger partial charge in [0.15, 0.2) is 12.6 Å². The number of carbonyl (C=O) groups is 1. The summed E-state index contributed by atoms with van der Waals surface area (Å²) >= 11 is 0. The highest BCUT2D eigenvalue weighted by Gasteiger charge is 2.02. The van der Waals surface area contributed by atoms with Gasteiger partial charge in [-0.15, -0.1) is 24.0 Å². The first kappa shape index (κ1) is 22.7. The van der Waals surface area contributed by atoms with Gasteiger partial charge in [-0.1, -0.05) is 24.3 Å². The Morgan fingerprint density at radius 2 is 1.89 bits per heavy atom. The average Bonchev–Trinajstić information content (AvgIpc) is 2.63. The number of nitrogens with one attached hydrogen (secondary N) is 2. The summed E-state index contributed by atoms with van der Waals surface area (Å²) in [5.74, 6) is 0.404. The molecule has 8 heteroatoms. The van der Waals surface area contributed by atoms with Crippen LogP contribution in [0.1, 0.15) is 18.1 Å². The zero-order valence-electron chi connectivity index (χ0n) is 15.1. The van der Waals surface area contributed by atoms with Crippen LogP contribution < -0.4 is 21.1 Å². The number of hydrogen-bond acceptors (Lipinski definition) is 3. The normalized spacial score (nSPS) is 10.7. The Bertz CT molecular complexity index is 771. The minimum Gasteiger partial charge on any atom is -0.484 e. The first-order valence-corrected chi connectivity index (χ1v) is 8.33. The van der Waals surface area contributed by atoms with Crippen molar-refractivity contribution in [2.45, 2.75) is 20.0 Å². The fourth-order valence-corrected chi connectivity index (χ4v) is 2.23. The molecule has 2 aromatic rings. The Morgan fingerprint density at radius 3 is 2.59 bits per heavy atom. The number of rotatable bonds is 8. The average molecular weight is 486 g/mol. The second-order valence-corrected chi connectivity index (χ2v) is 5.58. The number of hydrogen-bond donors (Lipinski definition) is 3. The lowest BCUT2D eigenvalue weighted by Crippen LogP contribution is -2.36. The summed E-state index contributed by atoms with van der Waals surface area (Å²) in [6.45, 7) is 3.40. The van der Waals surface area contributed by atoms with Crippen molar-refractivity contribution in [2.24, 2.45) is 10.7 Å². The van der Waals surface area contributed by atoms with Crippen molar-refractivity contribution in [3.63, 3.8) is 0 Å². The first-order valence-electron chi connectivity index (χ1n) is 8.33. The number of aliphatic imine (C=N–C) groups is 1. The van der Waals surface area contributed by atoms with Crippen LogP contribution in [0.15, 0.2) is 53.5 Å². The lowest BCUT2D eigenvalue weighted by atomic mass is 10.2. The molecule has 27 heavy (non-hydrogen) atoms. The quantitative estimate of drug-likeness (QED) is 0.304. The van der Waals surface area contributed by atoms with Gasteiger partial charge >= 0.3 is 0 Å². The van der Waals surface area contributed by atoms with E-state index in [1.165, 1.54) is 12.1 Å². The van der Waals surface area contributed by atoms with Gasteiger partial charge in [0.25, 0.3) is 5.91 Å². The number of amides is 1. The van der Waals surface area contributed by atoms with Crippen molar-refractivity contribution < 1.29 is 13.9 Å². The van der Waals surface area contributed by atoms with E-state index in [1.54, 1.807) is 12.1 Å². The maximum atomic E-state index is 13.2. The predicted molar refractivity (Wildman–Crippen MR) is 115 cm³/mol. The predicted octanol–water partition coefficient (Wildman–Crippen LogP) is 2.56. The van der Waals surface area contributed by atoms with E-state index in [1.807, 2.05) is 31.2 Å². The van der Waals surface area contributed by atoms with E-state index < -0.39 is 5.91 Å². The third-order valence-corrected chi connectivity index (χ3v) is 3.39. The smallest absolute Gasteiger partial charge is 0.255 e. The maximum Gasteiger partial charge on any atom is 0.255 e. The van der Waals surface area contributed by atoms with Crippen LogP contribution in [0.25, 0.3) is 0 Å². The zero-order valence-corrected chi connectivity index (χ0v) is 17.4. The molecule has 0 saturated heterocycles. The summed E-state index contributed by atoms with van der Waals surface area (Å²) in [7, 11) is 0. The summed E-state index contributed by atoms with van der Waals surface area (Å²) in [5.41, 5.74) is 6.83.